The molecule has 6 rings (SSSR count). The van der Waals surface area contributed by atoms with Gasteiger partial charge in [0.1, 0.15) is 18.1 Å². The number of carbonyl (C=O) groups is 1. The fourth-order valence-corrected chi connectivity index (χ4v) is 4.84. The molecule has 6 nitrogen and oxygen atoms in total. The normalized spacial score (nSPS) is 20.3. The molecule has 0 saturated carbocycles. The van der Waals surface area contributed by atoms with E-state index >= 15 is 0 Å². The Hall–Kier alpha value is -3.35. The van der Waals surface area contributed by atoms with Gasteiger partial charge in [0.2, 0.25) is 0 Å². The van der Waals surface area contributed by atoms with Gasteiger partial charge in [-0.1, -0.05) is 6.08 Å². The number of hydrogen-bond acceptors (Lipinski definition) is 4. The number of nitrogens with one attached hydrogen (secondary N) is 1. The van der Waals surface area contributed by atoms with Gasteiger partial charge >= 0.3 is 6.09 Å². The number of fused-ring (bicyclic) bond motifs is 3. The highest BCUT2D eigenvalue weighted by atomic mass is 19.1. The fraction of sp³-hybridized carbons (Fsp3) is 0.273. The number of cyclic esters (lactones) is 1. The van der Waals surface area contributed by atoms with E-state index in [0.29, 0.717) is 19.7 Å². The lowest BCUT2D eigenvalue weighted by Gasteiger charge is -2.26. The Morgan fingerprint density at radius 1 is 1.28 bits per heavy atom. The molecule has 0 radical (unpaired) electrons. The molecule has 0 spiro atoms. The lowest BCUT2D eigenvalue weighted by atomic mass is 9.96. The van der Waals surface area contributed by atoms with Crippen LogP contribution in [0.2, 0.25) is 0 Å². The van der Waals surface area contributed by atoms with E-state index in [1.54, 1.807) is 17.2 Å². The van der Waals surface area contributed by atoms with Gasteiger partial charge in [-0.05, 0) is 41.8 Å². The third-order valence-corrected chi connectivity index (χ3v) is 6.20. The highest BCUT2D eigenvalue weighted by Gasteiger charge is 2.35. The second-order valence-electron chi connectivity index (χ2n) is 7.86. The van der Waals surface area contributed by atoms with E-state index in [9.17, 15) is 9.18 Å². The van der Waals surface area contributed by atoms with Gasteiger partial charge in [0, 0.05) is 54.2 Å². The zero-order valence-corrected chi connectivity index (χ0v) is 15.9. The smallest absolute Gasteiger partial charge is 0.410 e. The van der Waals surface area contributed by atoms with E-state index < -0.39 is 0 Å². The molecule has 0 unspecified atom stereocenters. The van der Waals surface area contributed by atoms with E-state index in [2.05, 4.69) is 20.9 Å². The summed E-state index contributed by atoms with van der Waals surface area (Å²) in [7, 11) is 2.03. The van der Waals surface area contributed by atoms with Gasteiger partial charge in [-0.3, -0.25) is 4.90 Å². The lowest BCUT2D eigenvalue weighted by molar-refractivity contribution is 0.158. The molecule has 3 aromatic rings. The zero-order chi connectivity index (χ0) is 19.7. The number of hydrogen-bond donors (Lipinski definition) is 1. The lowest BCUT2D eigenvalue weighted by Crippen LogP contribution is -2.36. The topological polar surface area (TPSA) is 61.5 Å². The van der Waals surface area contributed by atoms with E-state index in [1.807, 2.05) is 19.2 Å². The third kappa shape index (κ3) is 2.33. The fourth-order valence-electron chi connectivity index (χ4n) is 4.84. The average molecular weight is 390 g/mol. The first-order valence-corrected chi connectivity index (χ1v) is 9.75. The number of halogens is 1. The number of ether oxygens (including phenoxy) is 1. The zero-order valence-electron chi connectivity index (χ0n) is 15.9. The maximum atomic E-state index is 14.1. The average Bonchev–Trinajstić information content (AvgIpc) is 3.24. The van der Waals surface area contributed by atoms with Crippen molar-refractivity contribution in [2.45, 2.75) is 19.0 Å². The second-order valence-corrected chi connectivity index (χ2v) is 7.86. The number of rotatable bonds is 1. The predicted molar refractivity (Wildman–Crippen MR) is 108 cm³/mol. The summed E-state index contributed by atoms with van der Waals surface area (Å²) >= 11 is 0. The van der Waals surface area contributed by atoms with Crippen LogP contribution in [0.5, 0.6) is 0 Å². The van der Waals surface area contributed by atoms with Crippen molar-refractivity contribution in [3.8, 4) is 11.1 Å². The molecular formula is C22H19FN4O2. The molecule has 146 valence electrons. The number of aromatic nitrogens is 2. The Kier molecular flexibility index (Phi) is 3.33. The van der Waals surface area contributed by atoms with Gasteiger partial charge in [0.05, 0.1) is 6.04 Å². The van der Waals surface area contributed by atoms with Crippen LogP contribution in [0.3, 0.4) is 0 Å². The number of H-pyrrole nitrogens is 1. The quantitative estimate of drug-likeness (QED) is 0.684. The number of amides is 1. The molecule has 1 N–H and O–H groups in total. The van der Waals surface area contributed by atoms with Crippen LogP contribution in [0, 0.1) is 5.82 Å². The molecule has 7 heteroatoms. The SMILES string of the molecule is CN1Cc2c(C3=C[C@H]4COC(=O)N4CC3)[nH]c3nccc(c23)-c2cc(F)ccc21. The van der Waals surface area contributed by atoms with Crippen molar-refractivity contribution in [3.63, 3.8) is 0 Å². The standard InChI is InChI=1S/C22H19FN4O2/c1-26-10-17-19-15(16-9-13(23)2-3-18(16)26)4-6-24-21(19)25-20(17)12-5-7-27-14(8-12)11-29-22(27)28/h2-4,6,8-9,14H,5,7,10-11H2,1H3,(H,24,25)/t14-/m0/s1. The van der Waals surface area contributed by atoms with Crippen LogP contribution in [-0.2, 0) is 11.3 Å². The van der Waals surface area contributed by atoms with Crippen molar-refractivity contribution in [2.24, 2.45) is 0 Å². The highest BCUT2D eigenvalue weighted by molar-refractivity contribution is 6.02. The van der Waals surface area contributed by atoms with E-state index in [1.165, 1.54) is 11.6 Å². The molecule has 1 aromatic carbocycles. The first-order valence-electron chi connectivity index (χ1n) is 9.75. The number of benzene rings is 1. The summed E-state index contributed by atoms with van der Waals surface area (Å²) in [5, 5.41) is 1.04. The molecule has 1 amide bonds. The van der Waals surface area contributed by atoms with Gasteiger partial charge in [0.25, 0.3) is 0 Å². The minimum atomic E-state index is -0.248. The molecule has 2 aromatic heterocycles. The molecule has 1 fully saturated rings. The van der Waals surface area contributed by atoms with Gasteiger partial charge in [-0.2, -0.15) is 0 Å². The molecular weight excluding hydrogens is 371 g/mol. The van der Waals surface area contributed by atoms with Crippen LogP contribution in [0.4, 0.5) is 14.9 Å². The number of pyridine rings is 1. The van der Waals surface area contributed by atoms with E-state index in [0.717, 1.165) is 45.5 Å². The van der Waals surface area contributed by atoms with Crippen LogP contribution in [0.25, 0.3) is 27.7 Å². The van der Waals surface area contributed by atoms with E-state index in [-0.39, 0.29) is 18.0 Å². The summed E-state index contributed by atoms with van der Waals surface area (Å²) in [6.07, 6.45) is 4.42. The molecule has 29 heavy (non-hydrogen) atoms. The number of carbonyl (C=O) groups excluding carboxylic acids is 1. The first kappa shape index (κ1) is 16.6. The summed E-state index contributed by atoms with van der Waals surface area (Å²) < 4.78 is 19.3. The molecule has 1 saturated heterocycles. The largest absolute Gasteiger partial charge is 0.447 e. The number of aromatic amines is 1. The third-order valence-electron chi connectivity index (χ3n) is 6.20. The molecule has 0 bridgehead atoms. The van der Waals surface area contributed by atoms with Gasteiger partial charge in [-0.15, -0.1) is 0 Å². The van der Waals surface area contributed by atoms with Crippen LogP contribution < -0.4 is 4.90 Å². The molecule has 0 aliphatic carbocycles. The maximum Gasteiger partial charge on any atom is 0.410 e. The van der Waals surface area contributed by atoms with Crippen LogP contribution in [0.15, 0.2) is 36.5 Å². The number of nitrogens with zero attached hydrogens (tertiary/aromatic N) is 3. The second kappa shape index (κ2) is 5.83. The van der Waals surface area contributed by atoms with Crippen LogP contribution in [-0.4, -0.2) is 47.2 Å². The van der Waals surface area contributed by atoms with Crippen molar-refractivity contribution < 1.29 is 13.9 Å². The van der Waals surface area contributed by atoms with Crippen LogP contribution in [0.1, 0.15) is 17.7 Å². The summed E-state index contributed by atoms with van der Waals surface area (Å²) in [5.41, 5.74) is 7.06. The van der Waals surface area contributed by atoms with Crippen molar-refractivity contribution in [1.29, 1.82) is 0 Å². The van der Waals surface area contributed by atoms with Crippen molar-refractivity contribution in [1.82, 2.24) is 14.9 Å². The molecule has 3 aliphatic heterocycles. The Bertz CT molecular complexity index is 1210. The Morgan fingerprint density at radius 3 is 3.07 bits per heavy atom. The van der Waals surface area contributed by atoms with E-state index in [4.69, 9.17) is 4.74 Å². The van der Waals surface area contributed by atoms with Gasteiger partial charge in [0.15, 0.2) is 0 Å². The van der Waals surface area contributed by atoms with Crippen molar-refractivity contribution >= 4 is 28.4 Å². The molecule has 3 aliphatic rings. The first-order chi connectivity index (χ1) is 14.1. The van der Waals surface area contributed by atoms with Gasteiger partial charge in [-0.25, -0.2) is 14.2 Å². The summed E-state index contributed by atoms with van der Waals surface area (Å²) in [5.74, 6) is -0.248. The summed E-state index contributed by atoms with van der Waals surface area (Å²) in [6, 6.07) is 6.88. The minimum absolute atomic E-state index is 0.0212. The maximum absolute atomic E-state index is 14.1. The number of anilines is 1. The molecule has 1 atom stereocenters. The van der Waals surface area contributed by atoms with Crippen LogP contribution >= 0.6 is 0 Å². The monoisotopic (exact) mass is 390 g/mol. The van der Waals surface area contributed by atoms with Crippen molar-refractivity contribution in [2.75, 3.05) is 25.1 Å². The Morgan fingerprint density at radius 2 is 2.17 bits per heavy atom. The van der Waals surface area contributed by atoms with Gasteiger partial charge < -0.3 is 14.6 Å². The summed E-state index contributed by atoms with van der Waals surface area (Å²) in [6.45, 7) is 1.73. The molecule has 5 heterocycles. The Balaban J connectivity index is 1.56. The Labute approximate surface area is 166 Å². The predicted octanol–water partition coefficient (Wildman–Crippen LogP) is 3.93. The highest BCUT2D eigenvalue weighted by Crippen LogP contribution is 2.43. The van der Waals surface area contributed by atoms with Crippen molar-refractivity contribution in [3.05, 3.63) is 53.6 Å². The minimum Gasteiger partial charge on any atom is -0.447 e. The summed E-state index contributed by atoms with van der Waals surface area (Å²) in [4.78, 5) is 23.8.